The van der Waals surface area contributed by atoms with Crippen LogP contribution in [-0.4, -0.2) is 45.5 Å². The number of sulfonamides is 1. The minimum atomic E-state index is -3.63. The summed E-state index contributed by atoms with van der Waals surface area (Å²) < 4.78 is 32.7. The molecule has 9 heteroatoms. The Morgan fingerprint density at radius 2 is 2.14 bits per heavy atom. The van der Waals surface area contributed by atoms with Crippen LogP contribution >= 0.6 is 39.9 Å². The highest BCUT2D eigenvalue weighted by atomic mass is 79.9. The number of nitrogens with one attached hydrogen (secondary N) is 1. The Morgan fingerprint density at radius 1 is 1.48 bits per heavy atom. The molecule has 0 aromatic heterocycles. The van der Waals surface area contributed by atoms with Crippen LogP contribution in [0.4, 0.5) is 0 Å². The van der Waals surface area contributed by atoms with E-state index in [4.69, 9.17) is 16.3 Å². The first-order valence-electron chi connectivity index (χ1n) is 6.13. The van der Waals surface area contributed by atoms with E-state index in [-0.39, 0.29) is 29.1 Å². The van der Waals surface area contributed by atoms with Gasteiger partial charge in [0.05, 0.1) is 11.6 Å². The predicted molar refractivity (Wildman–Crippen MR) is 89.2 cm³/mol. The number of hydrogen-bond acceptors (Lipinski definition) is 4. The van der Waals surface area contributed by atoms with Gasteiger partial charge in [-0.05, 0) is 35.0 Å². The van der Waals surface area contributed by atoms with Gasteiger partial charge in [-0.3, -0.25) is 0 Å². The molecule has 1 N–H and O–H groups in total. The molecule has 1 saturated heterocycles. The Labute approximate surface area is 144 Å². The maximum atomic E-state index is 12.8. The van der Waals surface area contributed by atoms with Crippen molar-refractivity contribution in [3.63, 3.8) is 0 Å². The number of halogens is 3. The van der Waals surface area contributed by atoms with Gasteiger partial charge in [0.1, 0.15) is 4.90 Å². The average Bonchev–Trinajstić information content (AvgIpc) is 2.38. The number of methoxy groups -OCH3 is 1. The van der Waals surface area contributed by atoms with Crippen molar-refractivity contribution in [2.45, 2.75) is 17.9 Å². The molecule has 0 saturated carbocycles. The number of piperazine rings is 1. The van der Waals surface area contributed by atoms with Crippen molar-refractivity contribution in [3.8, 4) is 5.75 Å². The summed E-state index contributed by atoms with van der Waals surface area (Å²) in [6, 6.07) is 3.15. The first-order chi connectivity index (χ1) is 9.36. The molecule has 1 atom stereocenters. The van der Waals surface area contributed by atoms with Crippen LogP contribution in [0, 0.1) is 0 Å². The number of hydrogen-bond donors (Lipinski definition) is 1. The van der Waals surface area contributed by atoms with Crippen LogP contribution < -0.4 is 10.1 Å². The summed E-state index contributed by atoms with van der Waals surface area (Å²) in [5, 5.41) is 3.56. The molecule has 2 rings (SSSR count). The van der Waals surface area contributed by atoms with Crippen LogP contribution in [0.15, 0.2) is 21.5 Å². The van der Waals surface area contributed by atoms with E-state index in [1.54, 1.807) is 6.07 Å². The summed E-state index contributed by atoms with van der Waals surface area (Å²) >= 11 is 9.25. The Bertz CT molecular complexity index is 613. The zero-order chi connectivity index (χ0) is 14.9. The van der Waals surface area contributed by atoms with Gasteiger partial charge in [-0.2, -0.15) is 4.31 Å². The van der Waals surface area contributed by atoms with E-state index < -0.39 is 10.0 Å². The lowest BCUT2D eigenvalue weighted by molar-refractivity contribution is 0.308. The lowest BCUT2D eigenvalue weighted by Crippen LogP contribution is -2.51. The van der Waals surface area contributed by atoms with E-state index in [1.165, 1.54) is 17.5 Å². The first-order valence-corrected chi connectivity index (χ1v) is 8.74. The Morgan fingerprint density at radius 3 is 2.71 bits per heavy atom. The van der Waals surface area contributed by atoms with Crippen molar-refractivity contribution < 1.29 is 13.2 Å². The molecule has 1 aromatic carbocycles. The largest absolute Gasteiger partial charge is 0.494 e. The Balaban J connectivity index is 0.00000220. The normalized spacial score (nSPS) is 19.9. The van der Waals surface area contributed by atoms with E-state index >= 15 is 0 Å². The maximum Gasteiger partial charge on any atom is 0.246 e. The average molecular weight is 420 g/mol. The smallest absolute Gasteiger partial charge is 0.246 e. The molecule has 1 aromatic rings. The summed E-state index contributed by atoms with van der Waals surface area (Å²) in [7, 11) is -2.19. The minimum absolute atomic E-state index is 0. The molecule has 0 bridgehead atoms. The number of benzene rings is 1. The lowest BCUT2D eigenvalue weighted by Gasteiger charge is -2.31. The molecular weight excluding hydrogens is 403 g/mol. The van der Waals surface area contributed by atoms with E-state index in [0.717, 1.165) is 0 Å². The van der Waals surface area contributed by atoms with Gasteiger partial charge >= 0.3 is 0 Å². The van der Waals surface area contributed by atoms with Crippen molar-refractivity contribution in [2.24, 2.45) is 0 Å². The fourth-order valence-corrected chi connectivity index (χ4v) is 5.08. The molecule has 1 aliphatic rings. The van der Waals surface area contributed by atoms with Gasteiger partial charge in [-0.1, -0.05) is 11.6 Å². The highest BCUT2D eigenvalue weighted by molar-refractivity contribution is 9.10. The van der Waals surface area contributed by atoms with Gasteiger partial charge in [0.15, 0.2) is 5.75 Å². The van der Waals surface area contributed by atoms with E-state index in [1.807, 2.05) is 6.92 Å². The summed E-state index contributed by atoms with van der Waals surface area (Å²) in [5.74, 6) is 0.278. The minimum Gasteiger partial charge on any atom is -0.494 e. The second-order valence-corrected chi connectivity index (χ2v) is 7.83. The second-order valence-electron chi connectivity index (χ2n) is 4.64. The third kappa shape index (κ3) is 4.03. The molecule has 5 nitrogen and oxygen atoms in total. The first kappa shape index (κ1) is 19.0. The zero-order valence-electron chi connectivity index (χ0n) is 11.6. The Hall–Kier alpha value is -0.0500. The van der Waals surface area contributed by atoms with Gasteiger partial charge in [-0.25, -0.2) is 8.42 Å². The van der Waals surface area contributed by atoms with Crippen LogP contribution in [-0.2, 0) is 10.0 Å². The molecule has 0 amide bonds. The zero-order valence-corrected chi connectivity index (χ0v) is 15.6. The summed E-state index contributed by atoms with van der Waals surface area (Å²) in [6.45, 7) is 3.44. The van der Waals surface area contributed by atoms with Crippen molar-refractivity contribution in [1.29, 1.82) is 0 Å². The third-order valence-corrected chi connectivity index (χ3v) is 5.81. The topological polar surface area (TPSA) is 58.6 Å². The number of ether oxygens (including phenoxy) is 1. The van der Waals surface area contributed by atoms with Crippen LogP contribution in [0.5, 0.6) is 5.75 Å². The molecule has 0 spiro atoms. The SMILES string of the molecule is COc1c(Br)cc(Cl)cc1S(=O)(=O)N1CCN[C@H](C)C1.Cl. The van der Waals surface area contributed by atoms with Gasteiger partial charge in [0.25, 0.3) is 0 Å². The standard InChI is InChI=1S/C12H16BrClN2O3S.ClH/c1-8-7-16(4-3-15-8)20(17,18)11-6-9(14)5-10(13)12(11)19-2;/h5-6,8,15H,3-4,7H2,1-2H3;1H/t8-;/m1./s1. The molecule has 1 fully saturated rings. The van der Waals surface area contributed by atoms with E-state index in [2.05, 4.69) is 21.2 Å². The summed E-state index contributed by atoms with van der Waals surface area (Å²) in [6.07, 6.45) is 0. The Kier molecular flexibility index (Phi) is 6.77. The predicted octanol–water partition coefficient (Wildman–Crippen LogP) is 2.52. The molecule has 120 valence electrons. The van der Waals surface area contributed by atoms with Gasteiger partial charge in [-0.15, -0.1) is 12.4 Å². The van der Waals surface area contributed by atoms with Crippen molar-refractivity contribution in [2.75, 3.05) is 26.7 Å². The molecule has 0 aliphatic carbocycles. The van der Waals surface area contributed by atoms with Gasteiger partial charge in [0, 0.05) is 30.7 Å². The summed E-state index contributed by atoms with van der Waals surface area (Å²) in [4.78, 5) is 0.0912. The molecule has 1 aliphatic heterocycles. The monoisotopic (exact) mass is 418 g/mol. The lowest BCUT2D eigenvalue weighted by atomic mass is 10.3. The number of nitrogens with zero attached hydrogens (tertiary/aromatic N) is 1. The van der Waals surface area contributed by atoms with Gasteiger partial charge < -0.3 is 10.1 Å². The van der Waals surface area contributed by atoms with Gasteiger partial charge in [0.2, 0.25) is 10.0 Å². The van der Waals surface area contributed by atoms with Crippen molar-refractivity contribution in [1.82, 2.24) is 9.62 Å². The van der Waals surface area contributed by atoms with E-state index in [0.29, 0.717) is 29.1 Å². The third-order valence-electron chi connectivity index (χ3n) is 3.13. The molecule has 1 heterocycles. The van der Waals surface area contributed by atoms with Crippen LogP contribution in [0.2, 0.25) is 5.02 Å². The number of rotatable bonds is 3. The molecular formula is C12H17BrCl2N2O3S. The van der Waals surface area contributed by atoms with Crippen molar-refractivity contribution in [3.05, 3.63) is 21.6 Å². The second kappa shape index (κ2) is 7.48. The summed E-state index contributed by atoms with van der Waals surface area (Å²) in [5.41, 5.74) is 0. The van der Waals surface area contributed by atoms with Crippen LogP contribution in [0.3, 0.4) is 0 Å². The van der Waals surface area contributed by atoms with Crippen LogP contribution in [0.25, 0.3) is 0 Å². The fourth-order valence-electron chi connectivity index (χ4n) is 2.18. The molecule has 0 unspecified atom stereocenters. The quantitative estimate of drug-likeness (QED) is 0.817. The van der Waals surface area contributed by atoms with Crippen molar-refractivity contribution >= 4 is 50.0 Å². The highest BCUT2D eigenvalue weighted by Crippen LogP contribution is 2.36. The molecule has 0 radical (unpaired) electrons. The molecule has 21 heavy (non-hydrogen) atoms. The van der Waals surface area contributed by atoms with Crippen LogP contribution in [0.1, 0.15) is 6.92 Å². The fraction of sp³-hybridized carbons (Fsp3) is 0.500. The maximum absolute atomic E-state index is 12.8. The van der Waals surface area contributed by atoms with E-state index in [9.17, 15) is 8.42 Å². The highest BCUT2D eigenvalue weighted by Gasteiger charge is 2.32.